The van der Waals surface area contributed by atoms with E-state index >= 15 is 0 Å². The molecule has 0 aliphatic carbocycles. The number of thiophene rings is 2. The fraction of sp³-hybridized carbons (Fsp3) is 0. The Balaban J connectivity index is 0.731. The van der Waals surface area contributed by atoms with Gasteiger partial charge in [0, 0.05) is 145 Å². The minimum atomic E-state index is 0.569. The van der Waals surface area contributed by atoms with Crippen molar-refractivity contribution in [3.05, 3.63) is 358 Å². The number of rotatable bonds is 8. The molecule has 0 radical (unpaired) electrons. The second kappa shape index (κ2) is 24.5. The molecule has 0 spiro atoms. The molecule has 0 unspecified atom stereocenters. The second-order valence-corrected chi connectivity index (χ2v) is 33.3. The van der Waals surface area contributed by atoms with Gasteiger partial charge in [0.15, 0.2) is 5.82 Å². The number of benzene rings is 17. The molecule has 10 heterocycles. The van der Waals surface area contributed by atoms with Crippen LogP contribution >= 0.6 is 22.7 Å². The number of furan rings is 1. The maximum Gasteiger partial charge on any atom is 0.235 e. The molecule has 27 rings (SSSR count). The largest absolute Gasteiger partial charge is 0.455 e. The third kappa shape index (κ3) is 9.04. The highest BCUT2D eigenvalue weighted by Crippen LogP contribution is 2.55. The number of pyridine rings is 1. The van der Waals surface area contributed by atoms with Crippen molar-refractivity contribution in [2.75, 3.05) is 0 Å². The summed E-state index contributed by atoms with van der Waals surface area (Å²) in [4.78, 5) is 28.0. The van der Waals surface area contributed by atoms with Crippen LogP contribution in [0.2, 0.25) is 0 Å². The first kappa shape index (κ1) is 64.9. The van der Waals surface area contributed by atoms with Crippen molar-refractivity contribution < 1.29 is 4.42 Å². The van der Waals surface area contributed by atoms with Crippen LogP contribution in [0.3, 0.4) is 0 Å². The summed E-state index contributed by atoms with van der Waals surface area (Å²) in [5.41, 5.74) is 21.0. The summed E-state index contributed by atoms with van der Waals surface area (Å²) in [6.45, 7) is 0. The maximum absolute atomic E-state index is 7.40. The van der Waals surface area contributed by atoms with Gasteiger partial charge in [0.25, 0.3) is 0 Å². The summed E-state index contributed by atoms with van der Waals surface area (Å²) in [5, 5.41) is 22.2. The van der Waals surface area contributed by atoms with Gasteiger partial charge in [0.1, 0.15) is 11.2 Å². The summed E-state index contributed by atoms with van der Waals surface area (Å²) in [6.07, 6.45) is 1.99. The van der Waals surface area contributed by atoms with Gasteiger partial charge >= 0.3 is 0 Å². The molecule has 0 saturated carbocycles. The first-order valence-corrected chi connectivity index (χ1v) is 41.8. The van der Waals surface area contributed by atoms with E-state index in [0.717, 1.165) is 187 Å². The summed E-state index contributed by atoms with van der Waals surface area (Å²) in [5.74, 6) is 2.09. The molecule has 0 aliphatic rings. The Morgan fingerprint density at radius 3 is 1.42 bits per heavy atom. The predicted octanol–water partition coefficient (Wildman–Crippen LogP) is 29.0. The molecule has 27 aromatic rings. The zero-order valence-electron chi connectivity index (χ0n) is 63.3. The average Bonchev–Trinajstić information content (AvgIpc) is 1.53. The Hall–Kier alpha value is -15.5. The second-order valence-electron chi connectivity index (χ2n) is 31.2. The highest BCUT2D eigenvalue weighted by Gasteiger charge is 2.31. The minimum absolute atomic E-state index is 0.569. The molecular formula is C107H59N9OS2. The normalized spacial score (nSPS) is 12.4. The third-order valence-electron chi connectivity index (χ3n) is 25.0. The van der Waals surface area contributed by atoms with Gasteiger partial charge in [0.05, 0.1) is 71.3 Å². The summed E-state index contributed by atoms with van der Waals surface area (Å²) < 4.78 is 21.7. The molecule has 12 heteroatoms. The van der Waals surface area contributed by atoms with Gasteiger partial charge in [-0.15, -0.1) is 22.7 Å². The molecule has 0 amide bonds. The lowest BCUT2D eigenvalue weighted by molar-refractivity contribution is 0.673. The van der Waals surface area contributed by atoms with E-state index < -0.39 is 0 Å². The molecule has 10 aromatic heterocycles. The fourth-order valence-corrected chi connectivity index (χ4v) is 22.6. The van der Waals surface area contributed by atoms with Gasteiger partial charge in [-0.2, -0.15) is 0 Å². The van der Waals surface area contributed by atoms with Crippen molar-refractivity contribution in [1.29, 1.82) is 0 Å². The van der Waals surface area contributed by atoms with Crippen LogP contribution < -0.4 is 0 Å². The van der Waals surface area contributed by atoms with E-state index in [1.165, 1.54) is 62.6 Å². The van der Waals surface area contributed by atoms with Crippen LogP contribution in [0.4, 0.5) is 0 Å². The summed E-state index contributed by atoms with van der Waals surface area (Å²) in [7, 11) is 0. The van der Waals surface area contributed by atoms with Crippen molar-refractivity contribution in [2.24, 2.45) is 0 Å². The van der Waals surface area contributed by atoms with Gasteiger partial charge in [-0.05, 0) is 107 Å². The third-order valence-corrected chi connectivity index (χ3v) is 27.4. The topological polar surface area (TPSA) is 97.3 Å². The molecule has 119 heavy (non-hydrogen) atoms. The smallest absolute Gasteiger partial charge is 0.235 e. The number of fused-ring (bicyclic) bond motifs is 31. The zero-order chi connectivity index (χ0) is 77.4. The van der Waals surface area contributed by atoms with E-state index in [-0.39, 0.29) is 0 Å². The highest BCUT2D eigenvalue weighted by atomic mass is 32.1. The molecule has 0 atom stereocenters. The average molecular weight is 1550 g/mol. The minimum Gasteiger partial charge on any atom is -0.455 e. The van der Waals surface area contributed by atoms with Crippen molar-refractivity contribution in [1.82, 2.24) is 43.2 Å². The van der Waals surface area contributed by atoms with Crippen molar-refractivity contribution in [2.45, 2.75) is 0 Å². The molecule has 550 valence electrons. The van der Waals surface area contributed by atoms with Crippen LogP contribution in [0.5, 0.6) is 0 Å². The van der Waals surface area contributed by atoms with Crippen LogP contribution in [0.15, 0.2) is 362 Å². The monoisotopic (exact) mass is 1550 g/mol. The van der Waals surface area contributed by atoms with Crippen molar-refractivity contribution in [3.63, 3.8) is 0 Å². The number of hydrogen-bond acceptors (Lipinski definition) is 8. The lowest BCUT2D eigenvalue weighted by Crippen LogP contribution is -2.04. The van der Waals surface area contributed by atoms with Gasteiger partial charge in [0.2, 0.25) is 11.9 Å². The Kier molecular flexibility index (Phi) is 13.4. The SMILES string of the molecule is c1ccc(-c2nc(-n3c4ccccc4c4c5c6ccccc6oc5c5c(-c6ccc7c8c9c%10ccccc%10sc9c9c(-c%10cccc%11c%10c%10ccccc%10n%11-c%10ccc%11sc%12c(-n%13c%14ccccc%14c%14ccccc%14%13)nccc%12c%11c%10)cccc9c8n(-c8nc(-c9ccccc9)c9ccccc9n8)c7c6)cccc5c43)nc3ccccc23)cc1. The van der Waals surface area contributed by atoms with E-state index in [1.807, 2.05) is 28.9 Å². The molecule has 0 aliphatic heterocycles. The van der Waals surface area contributed by atoms with Gasteiger partial charge < -0.3 is 8.98 Å². The number of hydrogen-bond donors (Lipinski definition) is 0. The Morgan fingerprint density at radius 2 is 0.739 bits per heavy atom. The maximum atomic E-state index is 7.40. The summed E-state index contributed by atoms with van der Waals surface area (Å²) >= 11 is 3.69. The van der Waals surface area contributed by atoms with Gasteiger partial charge in [-0.3, -0.25) is 13.7 Å². The van der Waals surface area contributed by atoms with Crippen molar-refractivity contribution >= 4 is 216 Å². The van der Waals surface area contributed by atoms with Gasteiger partial charge in [-0.25, -0.2) is 24.9 Å². The molecule has 0 saturated heterocycles. The highest BCUT2D eigenvalue weighted by molar-refractivity contribution is 7.27. The quantitative estimate of drug-likeness (QED) is 0.150. The molecule has 0 bridgehead atoms. The summed E-state index contributed by atoms with van der Waals surface area (Å²) in [6, 6.07) is 127. The van der Waals surface area contributed by atoms with Gasteiger partial charge in [-0.1, -0.05) is 267 Å². The standard InChI is InChI=1S/C107H59N9OS2/c1-3-26-60(27-4-1)98-70-32-7-15-43-80(70)109-106(111-98)115-85-48-20-12-35-73(85)94-96-75-36-13-21-50-88(75)117-102(96)92-64(38-23-41-77(92)100(94)115)62-52-54-74-87(58-62)116(107-110-81-44-16-8-33-71(81)99(112-107)61-28-5-2-6-29-61)101-78-42-24-39-68(93(78)104-97(95(74)101)76-37-14-22-51-89(76)119-104)67-40-25-49-86-91(67)72-34-11-19-47-84(72)113(86)63-53-55-90-79(59-63)69-56-57-108-105(103(69)118-90)114-82-45-17-9-30-65(82)66-31-10-18-46-83(66)114/h1-59H. The molecule has 10 nitrogen and oxygen atoms in total. The fourth-order valence-electron chi connectivity index (χ4n) is 20.1. The van der Waals surface area contributed by atoms with E-state index in [4.69, 9.17) is 29.3 Å². The molecule has 0 N–H and O–H groups in total. The van der Waals surface area contributed by atoms with Crippen LogP contribution in [0.25, 0.3) is 261 Å². The van der Waals surface area contributed by atoms with E-state index in [1.54, 1.807) is 0 Å². The van der Waals surface area contributed by atoms with Crippen LogP contribution in [-0.4, -0.2) is 43.2 Å². The van der Waals surface area contributed by atoms with Crippen LogP contribution in [-0.2, 0) is 0 Å². The molecule has 0 fully saturated rings. The van der Waals surface area contributed by atoms with Crippen LogP contribution in [0.1, 0.15) is 0 Å². The number of para-hydroxylation sites is 7. The van der Waals surface area contributed by atoms with E-state index in [0.29, 0.717) is 11.9 Å². The Morgan fingerprint density at radius 1 is 0.252 bits per heavy atom. The lowest BCUT2D eigenvalue weighted by atomic mass is 9.91. The predicted molar refractivity (Wildman–Crippen MR) is 498 cm³/mol. The first-order valence-electron chi connectivity index (χ1n) is 40.2. The first-order chi connectivity index (χ1) is 59.1. The number of aromatic nitrogens is 9. The lowest BCUT2D eigenvalue weighted by Gasteiger charge is -2.15. The van der Waals surface area contributed by atoms with Crippen LogP contribution in [0, 0.1) is 0 Å². The Bertz CT molecular complexity index is 9100. The Labute approximate surface area is 684 Å². The van der Waals surface area contributed by atoms with E-state index in [9.17, 15) is 0 Å². The zero-order valence-corrected chi connectivity index (χ0v) is 64.9. The van der Waals surface area contributed by atoms with Crippen molar-refractivity contribution in [3.8, 4) is 68.2 Å². The number of nitrogens with zero attached hydrogens (tertiary/aromatic N) is 9. The molecular weight excluding hydrogens is 1490 g/mol. The molecule has 17 aromatic carbocycles. The van der Waals surface area contributed by atoms with E-state index in [2.05, 4.69) is 370 Å².